The Morgan fingerprint density at radius 3 is 3.00 bits per heavy atom. The van der Waals surface area contributed by atoms with Gasteiger partial charge in [0.05, 0.1) is 17.6 Å². The van der Waals surface area contributed by atoms with Crippen LogP contribution in [0.4, 0.5) is 0 Å². The number of nitrogens with one attached hydrogen (secondary N) is 1. The van der Waals surface area contributed by atoms with Crippen LogP contribution < -0.4 is 10.5 Å². The van der Waals surface area contributed by atoms with E-state index in [4.69, 9.17) is 22.1 Å². The number of H-pyrrole nitrogens is 1. The highest BCUT2D eigenvalue weighted by molar-refractivity contribution is 6.33. The molecule has 0 aliphatic rings. The molecule has 1 aromatic carbocycles. The number of aromatic nitrogens is 1. The second kappa shape index (κ2) is 3.52. The van der Waals surface area contributed by atoms with Gasteiger partial charge in [-0.15, -0.1) is 0 Å². The van der Waals surface area contributed by atoms with Gasteiger partial charge in [-0.05, 0) is 12.1 Å². The normalized spacial score (nSPS) is 10.8. The van der Waals surface area contributed by atoms with Crippen LogP contribution in [0.1, 0.15) is 5.56 Å². The molecular weight excluding hydrogens is 200 g/mol. The molecule has 14 heavy (non-hydrogen) atoms. The zero-order chi connectivity index (χ0) is 10.1. The van der Waals surface area contributed by atoms with E-state index in [-0.39, 0.29) is 0 Å². The zero-order valence-corrected chi connectivity index (χ0v) is 8.56. The number of rotatable bonds is 2. The Morgan fingerprint density at radius 2 is 2.36 bits per heavy atom. The molecule has 2 aromatic rings. The summed E-state index contributed by atoms with van der Waals surface area (Å²) in [5, 5.41) is 1.65. The van der Waals surface area contributed by atoms with Crippen molar-refractivity contribution in [2.24, 2.45) is 5.73 Å². The fraction of sp³-hybridized carbons (Fsp3) is 0.200. The van der Waals surface area contributed by atoms with Crippen LogP contribution in [0.5, 0.6) is 5.75 Å². The molecular formula is C10H11ClN2O. The molecule has 0 aliphatic carbocycles. The molecule has 0 saturated heterocycles. The maximum absolute atomic E-state index is 6.05. The van der Waals surface area contributed by atoms with Gasteiger partial charge in [0.25, 0.3) is 0 Å². The van der Waals surface area contributed by atoms with Crippen molar-refractivity contribution in [1.29, 1.82) is 0 Å². The average molecular weight is 211 g/mol. The maximum Gasteiger partial charge on any atom is 0.144 e. The summed E-state index contributed by atoms with van der Waals surface area (Å²) in [5.41, 5.74) is 7.57. The number of ether oxygens (including phenoxy) is 1. The summed E-state index contributed by atoms with van der Waals surface area (Å²) in [5.74, 6) is 0.657. The molecule has 3 nitrogen and oxygen atoms in total. The van der Waals surface area contributed by atoms with Gasteiger partial charge in [-0.1, -0.05) is 11.6 Å². The third-order valence-electron chi connectivity index (χ3n) is 2.26. The average Bonchev–Trinajstić information content (AvgIpc) is 2.62. The Hall–Kier alpha value is -1.19. The number of nitrogens with two attached hydrogens (primary N) is 1. The van der Waals surface area contributed by atoms with Gasteiger partial charge in [-0.25, -0.2) is 0 Å². The molecule has 0 amide bonds. The van der Waals surface area contributed by atoms with Crippen molar-refractivity contribution >= 4 is 22.5 Å². The number of hydrogen-bond donors (Lipinski definition) is 2. The minimum atomic E-state index is 0.404. The molecule has 1 aromatic heterocycles. The summed E-state index contributed by atoms with van der Waals surface area (Å²) in [4.78, 5) is 3.12. The SMILES string of the molecule is COc1c(Cl)cc2cc[nH]c2c1CN. The van der Waals surface area contributed by atoms with Gasteiger partial charge >= 0.3 is 0 Å². The standard InChI is InChI=1S/C10H11ClN2O/c1-14-10-7(5-12)9-6(2-3-13-9)4-8(10)11/h2-4,13H,5,12H2,1H3. The van der Waals surface area contributed by atoms with Crippen molar-refractivity contribution in [2.75, 3.05) is 7.11 Å². The fourth-order valence-corrected chi connectivity index (χ4v) is 1.95. The van der Waals surface area contributed by atoms with E-state index in [1.54, 1.807) is 7.11 Å². The molecule has 0 bridgehead atoms. The molecule has 0 spiro atoms. The van der Waals surface area contributed by atoms with E-state index < -0.39 is 0 Å². The minimum absolute atomic E-state index is 0.404. The maximum atomic E-state index is 6.05. The number of methoxy groups -OCH3 is 1. The van der Waals surface area contributed by atoms with Crippen LogP contribution in [-0.4, -0.2) is 12.1 Å². The zero-order valence-electron chi connectivity index (χ0n) is 7.80. The molecule has 0 radical (unpaired) electrons. The van der Waals surface area contributed by atoms with Crippen LogP contribution in [-0.2, 0) is 6.54 Å². The summed E-state index contributed by atoms with van der Waals surface area (Å²) in [6.07, 6.45) is 1.86. The van der Waals surface area contributed by atoms with Gasteiger partial charge < -0.3 is 15.5 Å². The summed E-state index contributed by atoms with van der Waals surface area (Å²) >= 11 is 6.05. The third-order valence-corrected chi connectivity index (χ3v) is 2.54. The first-order valence-corrected chi connectivity index (χ1v) is 4.68. The van der Waals surface area contributed by atoms with Crippen LogP contribution in [0.3, 0.4) is 0 Å². The van der Waals surface area contributed by atoms with Gasteiger partial charge in [0.1, 0.15) is 5.75 Å². The second-order valence-corrected chi connectivity index (χ2v) is 3.42. The molecule has 0 unspecified atom stereocenters. The number of aromatic amines is 1. The van der Waals surface area contributed by atoms with Gasteiger partial charge in [-0.3, -0.25) is 0 Å². The molecule has 0 saturated carbocycles. The Balaban J connectivity index is 2.82. The lowest BCUT2D eigenvalue weighted by atomic mass is 10.1. The van der Waals surface area contributed by atoms with Gasteiger partial charge in [0.15, 0.2) is 0 Å². The molecule has 74 valence electrons. The van der Waals surface area contributed by atoms with E-state index in [9.17, 15) is 0 Å². The van der Waals surface area contributed by atoms with E-state index in [0.29, 0.717) is 17.3 Å². The highest BCUT2D eigenvalue weighted by atomic mass is 35.5. The number of benzene rings is 1. The lowest BCUT2D eigenvalue weighted by Crippen LogP contribution is -2.01. The van der Waals surface area contributed by atoms with Crippen LogP contribution in [0.2, 0.25) is 5.02 Å². The molecule has 3 N–H and O–H groups in total. The predicted molar refractivity (Wildman–Crippen MR) is 57.8 cm³/mol. The van der Waals surface area contributed by atoms with Crippen molar-refractivity contribution in [1.82, 2.24) is 4.98 Å². The third kappa shape index (κ3) is 1.25. The highest BCUT2D eigenvalue weighted by Gasteiger charge is 2.12. The molecule has 1 heterocycles. The van der Waals surface area contributed by atoms with Crippen molar-refractivity contribution in [3.05, 3.63) is 28.9 Å². The second-order valence-electron chi connectivity index (χ2n) is 3.02. The number of hydrogen-bond acceptors (Lipinski definition) is 2. The van der Waals surface area contributed by atoms with Gasteiger partial charge in [0, 0.05) is 23.7 Å². The van der Waals surface area contributed by atoms with E-state index in [1.807, 2.05) is 18.3 Å². The van der Waals surface area contributed by atoms with E-state index in [0.717, 1.165) is 16.5 Å². The molecule has 0 aliphatic heterocycles. The van der Waals surface area contributed by atoms with Crippen LogP contribution >= 0.6 is 11.6 Å². The van der Waals surface area contributed by atoms with E-state index in [2.05, 4.69) is 4.98 Å². The van der Waals surface area contributed by atoms with Crippen molar-refractivity contribution in [3.63, 3.8) is 0 Å². The first-order valence-electron chi connectivity index (χ1n) is 4.30. The van der Waals surface area contributed by atoms with Crippen molar-refractivity contribution in [2.45, 2.75) is 6.54 Å². The van der Waals surface area contributed by atoms with Crippen LogP contribution in [0.15, 0.2) is 18.3 Å². The fourth-order valence-electron chi connectivity index (χ4n) is 1.64. The summed E-state index contributed by atoms with van der Waals surface area (Å²) in [6.45, 7) is 0.404. The molecule has 2 rings (SSSR count). The summed E-state index contributed by atoms with van der Waals surface area (Å²) in [7, 11) is 1.59. The number of fused-ring (bicyclic) bond motifs is 1. The smallest absolute Gasteiger partial charge is 0.144 e. The lowest BCUT2D eigenvalue weighted by Gasteiger charge is -2.09. The number of halogens is 1. The predicted octanol–water partition coefficient (Wildman–Crippen LogP) is 2.29. The van der Waals surface area contributed by atoms with Crippen LogP contribution in [0, 0.1) is 0 Å². The Kier molecular flexibility index (Phi) is 2.35. The minimum Gasteiger partial charge on any atom is -0.495 e. The van der Waals surface area contributed by atoms with Crippen LogP contribution in [0.25, 0.3) is 10.9 Å². The largest absolute Gasteiger partial charge is 0.495 e. The first kappa shape index (κ1) is 9.37. The van der Waals surface area contributed by atoms with Crippen molar-refractivity contribution < 1.29 is 4.74 Å². The van der Waals surface area contributed by atoms with Crippen molar-refractivity contribution in [3.8, 4) is 5.75 Å². The van der Waals surface area contributed by atoms with Gasteiger partial charge in [0.2, 0.25) is 0 Å². The first-order chi connectivity index (χ1) is 6.77. The van der Waals surface area contributed by atoms with E-state index >= 15 is 0 Å². The molecule has 0 atom stereocenters. The Morgan fingerprint density at radius 1 is 1.57 bits per heavy atom. The van der Waals surface area contributed by atoms with Gasteiger partial charge in [-0.2, -0.15) is 0 Å². The lowest BCUT2D eigenvalue weighted by molar-refractivity contribution is 0.411. The topological polar surface area (TPSA) is 51.0 Å². The molecule has 4 heteroatoms. The van der Waals surface area contributed by atoms with E-state index in [1.165, 1.54) is 0 Å². The Labute approximate surface area is 86.8 Å². The Bertz CT molecular complexity index is 464. The highest BCUT2D eigenvalue weighted by Crippen LogP contribution is 2.34. The molecule has 0 fully saturated rings. The quantitative estimate of drug-likeness (QED) is 0.799. The monoisotopic (exact) mass is 210 g/mol. The summed E-state index contributed by atoms with van der Waals surface area (Å²) < 4.78 is 5.21. The summed E-state index contributed by atoms with van der Waals surface area (Å²) in [6, 6.07) is 3.82.